The average molecular weight is 318 g/mol. The molecule has 0 aromatic heterocycles. The molecule has 1 fully saturated rings. The number of nitrogens with one attached hydrogen (secondary N) is 2. The van der Waals surface area contributed by atoms with E-state index in [4.69, 9.17) is 0 Å². The van der Waals surface area contributed by atoms with Gasteiger partial charge in [0.2, 0.25) is 11.8 Å². The van der Waals surface area contributed by atoms with Crippen molar-refractivity contribution in [3.63, 3.8) is 0 Å². The fourth-order valence-corrected chi connectivity index (χ4v) is 2.62. The summed E-state index contributed by atoms with van der Waals surface area (Å²) in [6, 6.07) is 7.83. The van der Waals surface area contributed by atoms with Crippen LogP contribution in [-0.2, 0) is 16.0 Å². The van der Waals surface area contributed by atoms with Crippen LogP contribution in [0.25, 0.3) is 0 Å². The van der Waals surface area contributed by atoms with Crippen molar-refractivity contribution < 1.29 is 9.59 Å². The largest absolute Gasteiger partial charge is 0.339 e. The van der Waals surface area contributed by atoms with E-state index in [1.54, 1.807) is 11.9 Å². The SMILES string of the molecule is CCc1cccc(NC(=O)CN(C)CC(=O)N2CCNCC2)c1. The highest BCUT2D eigenvalue weighted by molar-refractivity contribution is 5.92. The lowest BCUT2D eigenvalue weighted by Gasteiger charge is -2.29. The summed E-state index contributed by atoms with van der Waals surface area (Å²) in [5.41, 5.74) is 1.99. The Labute approximate surface area is 137 Å². The number of amides is 2. The summed E-state index contributed by atoms with van der Waals surface area (Å²) in [5, 5.41) is 6.10. The first-order valence-corrected chi connectivity index (χ1v) is 8.14. The van der Waals surface area contributed by atoms with Crippen LogP contribution < -0.4 is 10.6 Å². The molecular formula is C17H26N4O2. The van der Waals surface area contributed by atoms with Crippen LogP contribution in [0, 0.1) is 0 Å². The Kier molecular flexibility index (Phi) is 6.55. The van der Waals surface area contributed by atoms with E-state index in [0.29, 0.717) is 0 Å². The molecule has 0 radical (unpaired) electrons. The first-order valence-electron chi connectivity index (χ1n) is 8.14. The molecule has 0 atom stereocenters. The predicted octanol–water partition coefficient (Wildman–Crippen LogP) is 0.551. The average Bonchev–Trinajstić information content (AvgIpc) is 2.55. The van der Waals surface area contributed by atoms with E-state index in [1.165, 1.54) is 5.56 Å². The van der Waals surface area contributed by atoms with Gasteiger partial charge in [0.05, 0.1) is 13.1 Å². The standard InChI is InChI=1S/C17H26N4O2/c1-3-14-5-4-6-15(11-14)19-16(22)12-20(2)13-17(23)21-9-7-18-8-10-21/h4-6,11,18H,3,7-10,12-13H2,1-2H3,(H,19,22). The molecular weight excluding hydrogens is 292 g/mol. The maximum atomic E-state index is 12.2. The lowest BCUT2D eigenvalue weighted by atomic mass is 10.1. The molecule has 1 aromatic carbocycles. The van der Waals surface area contributed by atoms with Gasteiger partial charge in [-0.2, -0.15) is 0 Å². The van der Waals surface area contributed by atoms with E-state index in [-0.39, 0.29) is 24.9 Å². The number of nitrogens with zero attached hydrogens (tertiary/aromatic N) is 2. The zero-order valence-electron chi connectivity index (χ0n) is 14.0. The summed E-state index contributed by atoms with van der Waals surface area (Å²) in [6.45, 7) is 5.70. The maximum Gasteiger partial charge on any atom is 0.238 e. The van der Waals surface area contributed by atoms with E-state index in [0.717, 1.165) is 38.3 Å². The molecule has 0 saturated carbocycles. The lowest BCUT2D eigenvalue weighted by Crippen LogP contribution is -2.49. The molecule has 2 N–H and O–H groups in total. The summed E-state index contributed by atoms with van der Waals surface area (Å²) in [5.74, 6) is -0.0244. The van der Waals surface area contributed by atoms with E-state index in [2.05, 4.69) is 17.6 Å². The van der Waals surface area contributed by atoms with E-state index < -0.39 is 0 Å². The molecule has 0 aliphatic carbocycles. The zero-order chi connectivity index (χ0) is 16.7. The number of piperazine rings is 1. The third-order valence-electron chi connectivity index (χ3n) is 3.91. The predicted molar refractivity (Wildman–Crippen MR) is 91.4 cm³/mol. The second-order valence-electron chi connectivity index (χ2n) is 5.91. The molecule has 2 amide bonds. The fraction of sp³-hybridized carbons (Fsp3) is 0.529. The van der Waals surface area contributed by atoms with Crippen LogP contribution in [-0.4, -0.2) is 67.9 Å². The number of rotatable bonds is 6. The summed E-state index contributed by atoms with van der Waals surface area (Å²) in [4.78, 5) is 27.8. The first kappa shape index (κ1) is 17.4. The van der Waals surface area contributed by atoms with Gasteiger partial charge in [0, 0.05) is 31.9 Å². The molecule has 0 spiro atoms. The van der Waals surface area contributed by atoms with E-state index in [9.17, 15) is 9.59 Å². The Balaban J connectivity index is 1.78. The molecule has 0 bridgehead atoms. The minimum atomic E-state index is -0.103. The summed E-state index contributed by atoms with van der Waals surface area (Å²) in [7, 11) is 1.79. The van der Waals surface area contributed by atoms with Gasteiger partial charge in [-0.25, -0.2) is 0 Å². The van der Waals surface area contributed by atoms with Gasteiger partial charge in [-0.1, -0.05) is 19.1 Å². The number of likely N-dealkylation sites (N-methyl/N-ethyl adjacent to an activating group) is 1. The van der Waals surface area contributed by atoms with Crippen LogP contribution >= 0.6 is 0 Å². The molecule has 1 heterocycles. The van der Waals surface area contributed by atoms with Gasteiger partial charge in [-0.3, -0.25) is 14.5 Å². The molecule has 23 heavy (non-hydrogen) atoms. The van der Waals surface area contributed by atoms with Gasteiger partial charge in [-0.05, 0) is 31.2 Å². The van der Waals surface area contributed by atoms with Gasteiger partial charge in [0.15, 0.2) is 0 Å². The third kappa shape index (κ3) is 5.65. The second kappa shape index (κ2) is 8.64. The Hall–Kier alpha value is -1.92. The van der Waals surface area contributed by atoms with Crippen molar-refractivity contribution in [2.75, 3.05) is 51.6 Å². The lowest BCUT2D eigenvalue weighted by molar-refractivity contribution is -0.133. The number of hydrogen-bond acceptors (Lipinski definition) is 4. The van der Waals surface area contributed by atoms with E-state index >= 15 is 0 Å². The molecule has 1 saturated heterocycles. The monoisotopic (exact) mass is 318 g/mol. The minimum Gasteiger partial charge on any atom is -0.339 e. The van der Waals surface area contributed by atoms with Gasteiger partial charge < -0.3 is 15.5 Å². The molecule has 6 heteroatoms. The van der Waals surface area contributed by atoms with Crippen molar-refractivity contribution in [3.8, 4) is 0 Å². The maximum absolute atomic E-state index is 12.2. The molecule has 2 rings (SSSR count). The van der Waals surface area contributed by atoms with Crippen LogP contribution in [0.5, 0.6) is 0 Å². The number of benzene rings is 1. The summed E-state index contributed by atoms with van der Waals surface area (Å²) in [6.07, 6.45) is 0.933. The van der Waals surface area contributed by atoms with Crippen molar-refractivity contribution in [3.05, 3.63) is 29.8 Å². The topological polar surface area (TPSA) is 64.7 Å². The highest BCUT2D eigenvalue weighted by atomic mass is 16.2. The van der Waals surface area contributed by atoms with E-state index in [1.807, 2.05) is 29.2 Å². The van der Waals surface area contributed by atoms with Gasteiger partial charge >= 0.3 is 0 Å². The Bertz CT molecular complexity index is 541. The highest BCUT2D eigenvalue weighted by Crippen LogP contribution is 2.11. The number of anilines is 1. The Morgan fingerprint density at radius 2 is 2.00 bits per heavy atom. The van der Waals surface area contributed by atoms with Crippen LogP contribution in [0.3, 0.4) is 0 Å². The summed E-state index contributed by atoms with van der Waals surface area (Å²) < 4.78 is 0. The molecule has 1 aliphatic heterocycles. The number of carbonyl (C=O) groups is 2. The Morgan fingerprint density at radius 3 is 2.70 bits per heavy atom. The smallest absolute Gasteiger partial charge is 0.238 e. The first-order chi connectivity index (χ1) is 11.1. The van der Waals surface area contributed by atoms with Crippen LogP contribution in [0.1, 0.15) is 12.5 Å². The zero-order valence-corrected chi connectivity index (χ0v) is 14.0. The normalized spacial score (nSPS) is 14.8. The van der Waals surface area contributed by atoms with Crippen molar-refractivity contribution in [1.29, 1.82) is 0 Å². The third-order valence-corrected chi connectivity index (χ3v) is 3.91. The van der Waals surface area contributed by atoms with Crippen LogP contribution in [0.4, 0.5) is 5.69 Å². The van der Waals surface area contributed by atoms with Crippen LogP contribution in [0.2, 0.25) is 0 Å². The van der Waals surface area contributed by atoms with Crippen molar-refractivity contribution in [2.24, 2.45) is 0 Å². The number of aryl methyl sites for hydroxylation is 1. The fourth-order valence-electron chi connectivity index (χ4n) is 2.62. The molecule has 126 valence electrons. The van der Waals surface area contributed by atoms with Crippen molar-refractivity contribution in [1.82, 2.24) is 15.1 Å². The highest BCUT2D eigenvalue weighted by Gasteiger charge is 2.18. The van der Waals surface area contributed by atoms with Gasteiger partial charge in [0.25, 0.3) is 0 Å². The molecule has 6 nitrogen and oxygen atoms in total. The number of carbonyl (C=O) groups excluding carboxylic acids is 2. The Morgan fingerprint density at radius 1 is 1.26 bits per heavy atom. The van der Waals surface area contributed by atoms with Gasteiger partial charge in [-0.15, -0.1) is 0 Å². The molecule has 1 aliphatic rings. The van der Waals surface area contributed by atoms with Crippen LogP contribution in [0.15, 0.2) is 24.3 Å². The summed E-state index contributed by atoms with van der Waals surface area (Å²) >= 11 is 0. The second-order valence-corrected chi connectivity index (χ2v) is 5.91. The quantitative estimate of drug-likeness (QED) is 0.804. The molecule has 1 aromatic rings. The molecule has 0 unspecified atom stereocenters. The number of hydrogen-bond donors (Lipinski definition) is 2. The van der Waals surface area contributed by atoms with Gasteiger partial charge in [0.1, 0.15) is 0 Å². The van der Waals surface area contributed by atoms with Crippen molar-refractivity contribution in [2.45, 2.75) is 13.3 Å². The minimum absolute atomic E-state index is 0.0785. The van der Waals surface area contributed by atoms with Crippen molar-refractivity contribution >= 4 is 17.5 Å².